The van der Waals surface area contributed by atoms with Gasteiger partial charge in [-0.1, -0.05) is 47.3 Å². The fourth-order valence-corrected chi connectivity index (χ4v) is 2.47. The molecule has 0 unspecified atom stereocenters. The van der Waals surface area contributed by atoms with Gasteiger partial charge < -0.3 is 0 Å². The van der Waals surface area contributed by atoms with Gasteiger partial charge >= 0.3 is 6.18 Å². The number of halogens is 3. The van der Waals surface area contributed by atoms with Gasteiger partial charge in [0.15, 0.2) is 5.16 Å². The smallest absolute Gasteiger partial charge is 0.246 e. The maximum absolute atomic E-state index is 12.9. The van der Waals surface area contributed by atoms with Gasteiger partial charge in [0, 0.05) is 5.56 Å². The number of alkyl halides is 3. The summed E-state index contributed by atoms with van der Waals surface area (Å²) in [6.07, 6.45) is -1.22. The highest BCUT2D eigenvalue weighted by Crippen LogP contribution is 2.29. The van der Waals surface area contributed by atoms with Crippen LogP contribution in [0.5, 0.6) is 0 Å². The van der Waals surface area contributed by atoms with Crippen LogP contribution in [0.15, 0.2) is 47.8 Å². The maximum Gasteiger partial charge on any atom is 0.433 e. The normalized spacial score (nSPS) is 11.7. The summed E-state index contributed by atoms with van der Waals surface area (Å²) in [6.45, 7) is 0.0823. The SMILES string of the molecule is CSc1nc(Cn2cc(-c3ccccc3)nn2)cc(C(F)(F)F)n1. The Labute approximate surface area is 139 Å². The molecule has 1 aromatic carbocycles. The van der Waals surface area contributed by atoms with Crippen molar-refractivity contribution in [3.05, 3.63) is 54.0 Å². The molecule has 5 nitrogen and oxygen atoms in total. The third-order valence-electron chi connectivity index (χ3n) is 3.16. The molecule has 9 heteroatoms. The molecule has 24 heavy (non-hydrogen) atoms. The highest BCUT2D eigenvalue weighted by atomic mass is 32.2. The Hall–Kier alpha value is -2.42. The van der Waals surface area contributed by atoms with Crippen molar-refractivity contribution in [2.24, 2.45) is 0 Å². The first kappa shape index (κ1) is 16.4. The second kappa shape index (κ2) is 6.60. The van der Waals surface area contributed by atoms with Crippen LogP contribution in [0, 0.1) is 0 Å². The van der Waals surface area contributed by atoms with Crippen molar-refractivity contribution in [3.63, 3.8) is 0 Å². The van der Waals surface area contributed by atoms with Crippen molar-refractivity contribution >= 4 is 11.8 Å². The van der Waals surface area contributed by atoms with Crippen molar-refractivity contribution in [1.29, 1.82) is 0 Å². The van der Waals surface area contributed by atoms with Crippen molar-refractivity contribution in [3.8, 4) is 11.3 Å². The third-order valence-corrected chi connectivity index (χ3v) is 3.71. The van der Waals surface area contributed by atoms with E-state index in [4.69, 9.17) is 0 Å². The zero-order valence-corrected chi connectivity index (χ0v) is 13.3. The number of hydrogen-bond acceptors (Lipinski definition) is 5. The molecule has 0 saturated heterocycles. The van der Waals surface area contributed by atoms with Gasteiger partial charge in [-0.05, 0) is 12.3 Å². The van der Waals surface area contributed by atoms with Gasteiger partial charge in [0.1, 0.15) is 11.4 Å². The second-order valence-electron chi connectivity index (χ2n) is 4.90. The summed E-state index contributed by atoms with van der Waals surface area (Å²) in [4.78, 5) is 7.61. The number of benzene rings is 1. The Kier molecular flexibility index (Phi) is 4.52. The summed E-state index contributed by atoms with van der Waals surface area (Å²) in [7, 11) is 0. The van der Waals surface area contributed by atoms with Crippen LogP contribution in [0.3, 0.4) is 0 Å². The molecule has 0 aliphatic rings. The zero-order chi connectivity index (χ0) is 17.2. The number of hydrogen-bond donors (Lipinski definition) is 0. The summed E-state index contributed by atoms with van der Waals surface area (Å²) in [5.74, 6) is 0. The van der Waals surface area contributed by atoms with Gasteiger partial charge in [-0.3, -0.25) is 0 Å². The summed E-state index contributed by atoms with van der Waals surface area (Å²) < 4.78 is 40.2. The number of aromatic nitrogens is 5. The van der Waals surface area contributed by atoms with Crippen LogP contribution in [0.2, 0.25) is 0 Å². The van der Waals surface area contributed by atoms with E-state index in [1.54, 1.807) is 12.5 Å². The molecule has 2 heterocycles. The third kappa shape index (κ3) is 3.73. The van der Waals surface area contributed by atoms with E-state index in [0.717, 1.165) is 23.4 Å². The molecule has 3 aromatic rings. The molecular formula is C15H12F3N5S. The lowest BCUT2D eigenvalue weighted by atomic mass is 10.2. The molecule has 124 valence electrons. The first-order chi connectivity index (χ1) is 11.5. The number of rotatable bonds is 4. The Balaban J connectivity index is 1.88. The summed E-state index contributed by atoms with van der Waals surface area (Å²) in [5, 5.41) is 8.06. The van der Waals surface area contributed by atoms with E-state index in [9.17, 15) is 13.2 Å². The van der Waals surface area contributed by atoms with E-state index in [1.165, 1.54) is 4.68 Å². The fraction of sp³-hybridized carbons (Fsp3) is 0.200. The van der Waals surface area contributed by atoms with Crippen LogP contribution in [-0.2, 0) is 12.7 Å². The summed E-state index contributed by atoms with van der Waals surface area (Å²) in [6, 6.07) is 10.3. The van der Waals surface area contributed by atoms with E-state index in [0.29, 0.717) is 5.69 Å². The fourth-order valence-electron chi connectivity index (χ4n) is 2.07. The van der Waals surface area contributed by atoms with E-state index in [2.05, 4.69) is 20.3 Å². The number of thioether (sulfide) groups is 1. The predicted octanol–water partition coefficient (Wildman–Crippen LogP) is 3.52. The minimum atomic E-state index is -4.51. The maximum atomic E-state index is 12.9. The quantitative estimate of drug-likeness (QED) is 0.532. The average molecular weight is 351 g/mol. The topological polar surface area (TPSA) is 56.5 Å². The van der Waals surface area contributed by atoms with Crippen molar-refractivity contribution < 1.29 is 13.2 Å². The second-order valence-corrected chi connectivity index (χ2v) is 5.67. The lowest BCUT2D eigenvalue weighted by molar-refractivity contribution is -0.141. The molecular weight excluding hydrogens is 339 g/mol. The molecule has 0 fully saturated rings. The van der Waals surface area contributed by atoms with Gasteiger partial charge in [0.05, 0.1) is 18.4 Å². The molecule has 0 radical (unpaired) electrons. The summed E-state index contributed by atoms with van der Waals surface area (Å²) >= 11 is 1.06. The minimum Gasteiger partial charge on any atom is -0.246 e. The molecule has 0 aliphatic carbocycles. The molecule has 0 spiro atoms. The molecule has 0 amide bonds. The summed E-state index contributed by atoms with van der Waals surface area (Å²) in [5.41, 5.74) is 0.796. The van der Waals surface area contributed by atoms with Gasteiger partial charge in [-0.2, -0.15) is 13.2 Å². The predicted molar refractivity (Wildman–Crippen MR) is 83.4 cm³/mol. The lowest BCUT2D eigenvalue weighted by Crippen LogP contribution is -2.12. The largest absolute Gasteiger partial charge is 0.433 e. The van der Waals surface area contributed by atoms with Gasteiger partial charge in [-0.25, -0.2) is 14.6 Å². The minimum absolute atomic E-state index is 0.0724. The molecule has 0 atom stereocenters. The standard InChI is InChI=1S/C15H12F3N5S/c1-24-14-19-11(7-13(20-14)15(16,17)18)8-23-9-12(21-22-23)10-5-3-2-4-6-10/h2-7,9H,8H2,1H3. The van der Waals surface area contributed by atoms with Crippen molar-refractivity contribution in [2.75, 3.05) is 6.26 Å². The molecule has 0 bridgehead atoms. The Morgan fingerprint density at radius 1 is 1.12 bits per heavy atom. The van der Waals surface area contributed by atoms with Gasteiger partial charge in [-0.15, -0.1) is 5.10 Å². The molecule has 0 saturated carbocycles. The van der Waals surface area contributed by atoms with Gasteiger partial charge in [0.25, 0.3) is 0 Å². The molecule has 0 aliphatic heterocycles. The first-order valence-electron chi connectivity index (χ1n) is 6.90. The van der Waals surface area contributed by atoms with Crippen LogP contribution in [0.4, 0.5) is 13.2 Å². The van der Waals surface area contributed by atoms with Crippen molar-refractivity contribution in [2.45, 2.75) is 17.9 Å². The molecule has 0 N–H and O–H groups in total. The monoisotopic (exact) mass is 351 g/mol. The first-order valence-corrected chi connectivity index (χ1v) is 8.13. The lowest BCUT2D eigenvalue weighted by Gasteiger charge is -2.09. The van der Waals surface area contributed by atoms with Crippen LogP contribution in [0.1, 0.15) is 11.4 Å². The van der Waals surface area contributed by atoms with Crippen LogP contribution in [-0.4, -0.2) is 31.2 Å². The average Bonchev–Trinajstić information content (AvgIpc) is 3.03. The molecule has 3 rings (SSSR count). The highest BCUT2D eigenvalue weighted by molar-refractivity contribution is 7.98. The van der Waals surface area contributed by atoms with Gasteiger partial charge in [0.2, 0.25) is 0 Å². The van der Waals surface area contributed by atoms with E-state index in [-0.39, 0.29) is 17.4 Å². The Morgan fingerprint density at radius 3 is 2.54 bits per heavy atom. The van der Waals surface area contributed by atoms with E-state index in [1.807, 2.05) is 30.3 Å². The van der Waals surface area contributed by atoms with Crippen LogP contribution >= 0.6 is 11.8 Å². The zero-order valence-electron chi connectivity index (χ0n) is 12.5. The Morgan fingerprint density at radius 2 is 1.88 bits per heavy atom. The highest BCUT2D eigenvalue weighted by Gasteiger charge is 2.33. The van der Waals surface area contributed by atoms with E-state index < -0.39 is 11.9 Å². The number of nitrogens with zero attached hydrogens (tertiary/aromatic N) is 5. The van der Waals surface area contributed by atoms with E-state index >= 15 is 0 Å². The van der Waals surface area contributed by atoms with Crippen molar-refractivity contribution in [1.82, 2.24) is 25.0 Å². The van der Waals surface area contributed by atoms with Crippen LogP contribution < -0.4 is 0 Å². The Bertz CT molecular complexity index is 833. The van der Waals surface area contributed by atoms with Crippen LogP contribution in [0.25, 0.3) is 11.3 Å². The molecule has 2 aromatic heterocycles.